The van der Waals surface area contributed by atoms with E-state index in [4.69, 9.17) is 9.47 Å². The third-order valence-corrected chi connectivity index (χ3v) is 4.23. The first-order valence-electron chi connectivity index (χ1n) is 9.34. The molecule has 0 bridgehead atoms. The van der Waals surface area contributed by atoms with Crippen LogP contribution < -0.4 is 14.4 Å². The second kappa shape index (κ2) is 9.61. The highest BCUT2D eigenvalue weighted by Gasteiger charge is 2.37. The van der Waals surface area contributed by atoms with E-state index in [-0.39, 0.29) is 17.9 Å². The lowest BCUT2D eigenvalue weighted by molar-refractivity contribution is -0.137. The van der Waals surface area contributed by atoms with E-state index in [9.17, 15) is 13.2 Å². The predicted molar refractivity (Wildman–Crippen MR) is 102 cm³/mol. The first-order chi connectivity index (χ1) is 13.3. The van der Waals surface area contributed by atoms with Crippen LogP contribution in [0.3, 0.4) is 0 Å². The van der Waals surface area contributed by atoms with Crippen molar-refractivity contribution < 1.29 is 22.6 Å². The molecule has 1 heterocycles. The van der Waals surface area contributed by atoms with E-state index in [0.717, 1.165) is 25.5 Å². The van der Waals surface area contributed by atoms with Crippen LogP contribution in [0, 0.1) is 0 Å². The van der Waals surface area contributed by atoms with Crippen molar-refractivity contribution in [2.24, 2.45) is 0 Å². The van der Waals surface area contributed by atoms with Crippen molar-refractivity contribution in [1.82, 2.24) is 9.97 Å². The second-order valence-electron chi connectivity index (χ2n) is 6.45. The third kappa shape index (κ3) is 5.50. The molecule has 1 atom stereocenters. The molecular formula is C20H26F3N3O2. The van der Waals surface area contributed by atoms with Gasteiger partial charge in [0, 0.05) is 13.2 Å². The molecule has 0 amide bonds. The number of anilines is 2. The van der Waals surface area contributed by atoms with Gasteiger partial charge in [-0.1, -0.05) is 32.4 Å². The molecule has 28 heavy (non-hydrogen) atoms. The van der Waals surface area contributed by atoms with Gasteiger partial charge in [-0.3, -0.25) is 0 Å². The standard InChI is InChI=1S/C20H26F3N3O2/c1-5-7-12-27-19-24-13-15(20(21,22)23)18(25-19)26(4)16-10-8-9-11-17(16)28-14(3)6-2/h8-11,13-14H,5-7,12H2,1-4H3. The van der Waals surface area contributed by atoms with Crippen LogP contribution in [0.5, 0.6) is 11.8 Å². The Morgan fingerprint density at radius 2 is 1.89 bits per heavy atom. The number of benzene rings is 1. The quantitative estimate of drug-likeness (QED) is 0.514. The maximum atomic E-state index is 13.5. The van der Waals surface area contributed by atoms with E-state index in [2.05, 4.69) is 9.97 Å². The lowest BCUT2D eigenvalue weighted by Crippen LogP contribution is -2.21. The van der Waals surface area contributed by atoms with Crippen molar-refractivity contribution in [3.05, 3.63) is 36.0 Å². The van der Waals surface area contributed by atoms with Crippen molar-refractivity contribution in [3.8, 4) is 11.8 Å². The molecule has 0 aliphatic carbocycles. The van der Waals surface area contributed by atoms with Gasteiger partial charge in [0.25, 0.3) is 0 Å². The van der Waals surface area contributed by atoms with Crippen LogP contribution in [0.15, 0.2) is 30.5 Å². The minimum Gasteiger partial charge on any atom is -0.489 e. The second-order valence-corrected chi connectivity index (χ2v) is 6.45. The van der Waals surface area contributed by atoms with Crippen molar-refractivity contribution in [3.63, 3.8) is 0 Å². The van der Waals surface area contributed by atoms with Gasteiger partial charge in [-0.05, 0) is 31.9 Å². The smallest absolute Gasteiger partial charge is 0.421 e. The van der Waals surface area contributed by atoms with Gasteiger partial charge in [-0.25, -0.2) is 4.98 Å². The summed E-state index contributed by atoms with van der Waals surface area (Å²) in [5, 5.41) is 0. The van der Waals surface area contributed by atoms with Crippen molar-refractivity contribution in [2.75, 3.05) is 18.6 Å². The molecule has 5 nitrogen and oxygen atoms in total. The Morgan fingerprint density at radius 1 is 1.18 bits per heavy atom. The van der Waals surface area contributed by atoms with Gasteiger partial charge in [0.2, 0.25) is 0 Å². The van der Waals surface area contributed by atoms with Crippen molar-refractivity contribution in [2.45, 2.75) is 52.3 Å². The summed E-state index contributed by atoms with van der Waals surface area (Å²) < 4.78 is 51.9. The summed E-state index contributed by atoms with van der Waals surface area (Å²) in [5.74, 6) is 0.203. The fourth-order valence-electron chi connectivity index (χ4n) is 2.44. The average Bonchev–Trinajstić information content (AvgIpc) is 2.67. The van der Waals surface area contributed by atoms with Gasteiger partial charge >= 0.3 is 12.2 Å². The fourth-order valence-corrected chi connectivity index (χ4v) is 2.44. The molecule has 1 unspecified atom stereocenters. The van der Waals surface area contributed by atoms with Gasteiger partial charge in [0.1, 0.15) is 11.3 Å². The van der Waals surface area contributed by atoms with Crippen LogP contribution in [0.2, 0.25) is 0 Å². The first-order valence-corrected chi connectivity index (χ1v) is 9.34. The number of rotatable bonds is 9. The molecular weight excluding hydrogens is 371 g/mol. The zero-order chi connectivity index (χ0) is 20.7. The van der Waals surface area contributed by atoms with E-state index < -0.39 is 11.7 Å². The summed E-state index contributed by atoms with van der Waals surface area (Å²) in [4.78, 5) is 9.13. The van der Waals surface area contributed by atoms with Crippen LogP contribution in [0.25, 0.3) is 0 Å². The SMILES string of the molecule is CCCCOc1ncc(C(F)(F)F)c(N(C)c2ccccc2OC(C)CC)n1. The van der Waals surface area contributed by atoms with E-state index in [0.29, 0.717) is 18.0 Å². The summed E-state index contributed by atoms with van der Waals surface area (Å²) in [6.07, 6.45) is -1.48. The number of ether oxygens (including phenoxy) is 2. The minimum atomic E-state index is -4.60. The number of nitrogens with zero attached hydrogens (tertiary/aromatic N) is 3. The molecule has 0 radical (unpaired) electrons. The van der Waals surface area contributed by atoms with E-state index in [1.54, 1.807) is 24.3 Å². The highest BCUT2D eigenvalue weighted by atomic mass is 19.4. The largest absolute Gasteiger partial charge is 0.489 e. The lowest BCUT2D eigenvalue weighted by atomic mass is 10.2. The summed E-state index contributed by atoms with van der Waals surface area (Å²) in [6, 6.07) is 6.85. The highest BCUT2D eigenvalue weighted by Crippen LogP contribution is 2.40. The Labute approximate surface area is 163 Å². The fraction of sp³-hybridized carbons (Fsp3) is 0.500. The van der Waals surface area contributed by atoms with Crippen LogP contribution in [0.4, 0.5) is 24.7 Å². The first kappa shape index (κ1) is 21.8. The lowest BCUT2D eigenvalue weighted by Gasteiger charge is -2.25. The van der Waals surface area contributed by atoms with Gasteiger partial charge in [-0.2, -0.15) is 18.2 Å². The molecule has 0 spiro atoms. The number of para-hydroxylation sites is 2. The average molecular weight is 397 g/mol. The van der Waals surface area contributed by atoms with Gasteiger partial charge in [0.05, 0.1) is 18.4 Å². The topological polar surface area (TPSA) is 47.5 Å². The normalized spacial score (nSPS) is 12.5. The number of alkyl halides is 3. The molecule has 8 heteroatoms. The number of unbranched alkanes of at least 4 members (excludes halogenated alkanes) is 1. The Hall–Kier alpha value is -2.51. The summed E-state index contributed by atoms with van der Waals surface area (Å²) in [6.45, 7) is 6.22. The molecule has 2 aromatic rings. The Morgan fingerprint density at radius 3 is 2.54 bits per heavy atom. The molecule has 0 saturated carbocycles. The summed E-state index contributed by atoms with van der Waals surface area (Å²) >= 11 is 0. The van der Waals surface area contributed by atoms with Crippen LogP contribution in [-0.2, 0) is 6.18 Å². The van der Waals surface area contributed by atoms with Crippen LogP contribution in [0.1, 0.15) is 45.6 Å². The Kier molecular flexibility index (Phi) is 7.48. The van der Waals surface area contributed by atoms with E-state index in [1.165, 1.54) is 11.9 Å². The molecule has 1 aromatic carbocycles. The monoisotopic (exact) mass is 397 g/mol. The molecule has 2 rings (SSSR count). The summed E-state index contributed by atoms with van der Waals surface area (Å²) in [7, 11) is 1.52. The third-order valence-electron chi connectivity index (χ3n) is 4.23. The van der Waals surface area contributed by atoms with Gasteiger partial charge in [-0.15, -0.1) is 0 Å². The number of hydrogen-bond donors (Lipinski definition) is 0. The molecule has 0 fully saturated rings. The molecule has 0 aliphatic heterocycles. The maximum Gasteiger partial charge on any atom is 0.421 e. The minimum absolute atomic E-state index is 0.0741. The van der Waals surface area contributed by atoms with Crippen molar-refractivity contribution in [1.29, 1.82) is 0 Å². The zero-order valence-electron chi connectivity index (χ0n) is 16.6. The van der Waals surface area contributed by atoms with Gasteiger partial charge < -0.3 is 14.4 Å². The van der Waals surface area contributed by atoms with E-state index >= 15 is 0 Å². The predicted octanol–water partition coefficient (Wildman–Crippen LogP) is 5.62. The molecule has 154 valence electrons. The number of halogens is 3. The Bertz CT molecular complexity index is 769. The number of hydrogen-bond acceptors (Lipinski definition) is 5. The highest BCUT2D eigenvalue weighted by molar-refractivity contribution is 5.68. The van der Waals surface area contributed by atoms with Crippen LogP contribution in [-0.4, -0.2) is 29.7 Å². The van der Waals surface area contributed by atoms with Gasteiger partial charge in [0.15, 0.2) is 5.82 Å². The van der Waals surface area contributed by atoms with Crippen molar-refractivity contribution >= 4 is 11.5 Å². The van der Waals surface area contributed by atoms with Crippen LogP contribution >= 0.6 is 0 Å². The molecule has 0 saturated heterocycles. The molecule has 0 aliphatic rings. The zero-order valence-corrected chi connectivity index (χ0v) is 16.6. The molecule has 1 aromatic heterocycles. The summed E-state index contributed by atoms with van der Waals surface area (Å²) in [5.41, 5.74) is -0.456. The molecule has 0 N–H and O–H groups in total. The Balaban J connectivity index is 2.45. The number of aromatic nitrogens is 2. The van der Waals surface area contributed by atoms with E-state index in [1.807, 2.05) is 20.8 Å². The maximum absolute atomic E-state index is 13.5.